The van der Waals surface area contributed by atoms with Gasteiger partial charge >= 0.3 is 0 Å². The predicted octanol–water partition coefficient (Wildman–Crippen LogP) is 3.41. The lowest BCUT2D eigenvalue weighted by atomic mass is 10.1. The maximum Gasteiger partial charge on any atom is 0.229 e. The minimum atomic E-state index is -0.473. The fraction of sp³-hybridized carbons (Fsp3) is 0.200. The van der Waals surface area contributed by atoms with E-state index in [2.05, 4.69) is 15.5 Å². The number of carbonyl (C=O) groups excluding carboxylic acids is 3. The SMILES string of the molecule is CC(=O)c1n[nH]c2ccc(NC(=O)C3CC(=O)N(c4cccc(Cl)c4)C3)cc12. The number of fused-ring (bicyclic) bond motifs is 1. The number of amides is 2. The van der Waals surface area contributed by atoms with Gasteiger partial charge in [-0.15, -0.1) is 0 Å². The molecule has 4 rings (SSSR count). The summed E-state index contributed by atoms with van der Waals surface area (Å²) in [5.41, 5.74) is 2.27. The molecule has 1 fully saturated rings. The molecule has 0 saturated carbocycles. The molecule has 0 radical (unpaired) electrons. The number of ketones is 1. The number of carbonyl (C=O) groups is 3. The quantitative estimate of drug-likeness (QED) is 0.660. The third kappa shape index (κ3) is 3.36. The standard InChI is InChI=1S/C20H17ClN4O3/c1-11(26)19-16-9-14(5-6-17(16)23-24-19)22-20(28)12-7-18(27)25(10-12)15-4-2-3-13(21)8-15/h2-6,8-9,12H,7,10H2,1H3,(H,22,28)(H,23,24). The summed E-state index contributed by atoms with van der Waals surface area (Å²) in [5.74, 6) is -0.997. The van der Waals surface area contributed by atoms with Gasteiger partial charge in [0.2, 0.25) is 11.8 Å². The van der Waals surface area contributed by atoms with E-state index in [9.17, 15) is 14.4 Å². The van der Waals surface area contributed by atoms with E-state index in [0.717, 1.165) is 0 Å². The number of benzene rings is 2. The van der Waals surface area contributed by atoms with Crippen LogP contribution in [0.15, 0.2) is 42.5 Å². The summed E-state index contributed by atoms with van der Waals surface area (Å²) < 4.78 is 0. The number of Topliss-reactive ketones (excluding diaryl/α,β-unsaturated/α-hetero) is 1. The first-order valence-electron chi connectivity index (χ1n) is 8.78. The van der Waals surface area contributed by atoms with E-state index in [4.69, 9.17) is 11.6 Å². The van der Waals surface area contributed by atoms with Crippen LogP contribution in [0.4, 0.5) is 11.4 Å². The second kappa shape index (κ2) is 7.09. The number of nitrogens with one attached hydrogen (secondary N) is 2. The lowest BCUT2D eigenvalue weighted by Crippen LogP contribution is -2.28. The van der Waals surface area contributed by atoms with Crippen LogP contribution in [0.3, 0.4) is 0 Å². The maximum absolute atomic E-state index is 12.7. The fourth-order valence-corrected chi connectivity index (χ4v) is 3.57. The van der Waals surface area contributed by atoms with Gasteiger partial charge in [0.1, 0.15) is 5.69 Å². The first-order valence-corrected chi connectivity index (χ1v) is 9.16. The van der Waals surface area contributed by atoms with Crippen LogP contribution in [-0.4, -0.2) is 34.3 Å². The van der Waals surface area contributed by atoms with E-state index in [-0.39, 0.29) is 30.6 Å². The van der Waals surface area contributed by atoms with Crippen LogP contribution in [0.25, 0.3) is 10.9 Å². The second-order valence-corrected chi connectivity index (χ2v) is 7.20. The first-order chi connectivity index (χ1) is 13.4. The summed E-state index contributed by atoms with van der Waals surface area (Å²) in [6.45, 7) is 1.73. The molecular weight excluding hydrogens is 380 g/mol. The van der Waals surface area contributed by atoms with E-state index in [1.165, 1.54) is 6.92 Å². The van der Waals surface area contributed by atoms with Crippen molar-refractivity contribution in [1.82, 2.24) is 10.2 Å². The highest BCUT2D eigenvalue weighted by atomic mass is 35.5. The number of hydrogen-bond donors (Lipinski definition) is 2. The number of hydrogen-bond acceptors (Lipinski definition) is 4. The molecule has 2 aromatic carbocycles. The van der Waals surface area contributed by atoms with Crippen LogP contribution in [0.5, 0.6) is 0 Å². The van der Waals surface area contributed by atoms with Crippen LogP contribution in [-0.2, 0) is 9.59 Å². The molecule has 1 aliphatic rings. The number of anilines is 2. The average Bonchev–Trinajstić information content (AvgIpc) is 3.25. The Morgan fingerprint density at radius 1 is 1.25 bits per heavy atom. The van der Waals surface area contributed by atoms with Gasteiger partial charge in [0.05, 0.1) is 11.4 Å². The monoisotopic (exact) mass is 396 g/mol. The van der Waals surface area contributed by atoms with Crippen molar-refractivity contribution in [2.24, 2.45) is 5.92 Å². The number of H-pyrrole nitrogens is 1. The van der Waals surface area contributed by atoms with E-state index in [1.807, 2.05) is 0 Å². The highest BCUT2D eigenvalue weighted by molar-refractivity contribution is 6.31. The zero-order valence-electron chi connectivity index (χ0n) is 15.0. The van der Waals surface area contributed by atoms with Gasteiger partial charge in [-0.05, 0) is 36.4 Å². The smallest absolute Gasteiger partial charge is 0.229 e. The van der Waals surface area contributed by atoms with Crippen LogP contribution >= 0.6 is 11.6 Å². The van der Waals surface area contributed by atoms with Crippen molar-refractivity contribution in [1.29, 1.82) is 0 Å². The number of rotatable bonds is 4. The topological polar surface area (TPSA) is 95.2 Å². The average molecular weight is 397 g/mol. The highest BCUT2D eigenvalue weighted by Crippen LogP contribution is 2.28. The second-order valence-electron chi connectivity index (χ2n) is 6.76. The van der Waals surface area contributed by atoms with E-state index in [0.29, 0.717) is 33.0 Å². The molecule has 2 heterocycles. The summed E-state index contributed by atoms with van der Waals surface area (Å²) >= 11 is 6.00. The fourth-order valence-electron chi connectivity index (χ4n) is 3.38. The van der Waals surface area contributed by atoms with Gasteiger partial charge in [-0.2, -0.15) is 5.10 Å². The molecule has 0 bridgehead atoms. The zero-order valence-corrected chi connectivity index (χ0v) is 15.8. The summed E-state index contributed by atoms with van der Waals surface area (Å²) in [6, 6.07) is 12.2. The van der Waals surface area contributed by atoms with E-state index >= 15 is 0 Å². The van der Waals surface area contributed by atoms with Crippen LogP contribution in [0.1, 0.15) is 23.8 Å². The van der Waals surface area contributed by atoms with Crippen LogP contribution in [0.2, 0.25) is 5.02 Å². The Bertz CT molecular complexity index is 1110. The third-order valence-electron chi connectivity index (χ3n) is 4.78. The molecule has 1 unspecified atom stereocenters. The Balaban J connectivity index is 1.51. The summed E-state index contributed by atoms with van der Waals surface area (Å²) in [4.78, 5) is 38.3. The summed E-state index contributed by atoms with van der Waals surface area (Å²) in [6.07, 6.45) is 0.130. The first kappa shape index (κ1) is 18.2. The molecule has 1 saturated heterocycles. The van der Waals surface area contributed by atoms with Gasteiger partial charge in [-0.3, -0.25) is 19.5 Å². The Hall–Kier alpha value is -3.19. The van der Waals surface area contributed by atoms with E-state index in [1.54, 1.807) is 47.4 Å². The minimum Gasteiger partial charge on any atom is -0.326 e. The molecule has 28 heavy (non-hydrogen) atoms. The summed E-state index contributed by atoms with van der Waals surface area (Å²) in [7, 11) is 0. The largest absolute Gasteiger partial charge is 0.326 e. The normalized spacial score (nSPS) is 16.6. The number of aromatic nitrogens is 2. The van der Waals surface area contributed by atoms with E-state index < -0.39 is 5.92 Å². The molecule has 3 aromatic rings. The van der Waals surface area contributed by atoms with Crippen LogP contribution < -0.4 is 10.2 Å². The molecule has 0 aliphatic carbocycles. The molecule has 2 amide bonds. The molecule has 8 heteroatoms. The van der Waals surface area contributed by atoms with Crippen molar-refractivity contribution >= 4 is 51.5 Å². The molecule has 7 nitrogen and oxygen atoms in total. The van der Waals surface area contributed by atoms with Crippen molar-refractivity contribution in [2.75, 3.05) is 16.8 Å². The third-order valence-corrected chi connectivity index (χ3v) is 5.01. The molecular formula is C20H17ClN4O3. The molecule has 1 aliphatic heterocycles. The molecule has 2 N–H and O–H groups in total. The van der Waals surface area contributed by atoms with Gasteiger partial charge in [-0.25, -0.2) is 0 Å². The lowest BCUT2D eigenvalue weighted by molar-refractivity contribution is -0.122. The van der Waals surface area contributed by atoms with Crippen molar-refractivity contribution in [3.8, 4) is 0 Å². The van der Waals surface area contributed by atoms with Crippen molar-refractivity contribution < 1.29 is 14.4 Å². The lowest BCUT2D eigenvalue weighted by Gasteiger charge is -2.17. The Labute approximate surface area is 165 Å². The van der Waals surface area contributed by atoms with Gasteiger partial charge in [0.25, 0.3) is 0 Å². The van der Waals surface area contributed by atoms with Gasteiger partial charge < -0.3 is 10.2 Å². The molecule has 0 spiro atoms. The maximum atomic E-state index is 12.7. The zero-order chi connectivity index (χ0) is 19.8. The van der Waals surface area contributed by atoms with Crippen molar-refractivity contribution in [3.05, 3.63) is 53.2 Å². The van der Waals surface area contributed by atoms with Crippen LogP contribution in [0, 0.1) is 5.92 Å². The summed E-state index contributed by atoms with van der Waals surface area (Å²) in [5, 5.41) is 10.8. The highest BCUT2D eigenvalue weighted by Gasteiger charge is 2.35. The predicted molar refractivity (Wildman–Crippen MR) is 107 cm³/mol. The Kier molecular flexibility index (Phi) is 4.60. The molecule has 142 valence electrons. The van der Waals surface area contributed by atoms with Gasteiger partial charge in [0, 0.05) is 41.7 Å². The molecule has 1 aromatic heterocycles. The Morgan fingerprint density at radius 2 is 2.07 bits per heavy atom. The van der Waals surface area contributed by atoms with Gasteiger partial charge in [0.15, 0.2) is 5.78 Å². The van der Waals surface area contributed by atoms with Crippen molar-refractivity contribution in [3.63, 3.8) is 0 Å². The number of halogens is 1. The Morgan fingerprint density at radius 3 is 2.82 bits per heavy atom. The number of aromatic amines is 1. The number of nitrogens with zero attached hydrogens (tertiary/aromatic N) is 2. The van der Waals surface area contributed by atoms with Crippen molar-refractivity contribution in [2.45, 2.75) is 13.3 Å². The minimum absolute atomic E-state index is 0.119. The van der Waals surface area contributed by atoms with Gasteiger partial charge in [-0.1, -0.05) is 17.7 Å². The molecule has 1 atom stereocenters.